The maximum atomic E-state index is 13.7. The van der Waals surface area contributed by atoms with Gasteiger partial charge in [-0.2, -0.15) is 0 Å². The molecular formula is C26H28FN5O2. The van der Waals surface area contributed by atoms with Crippen LogP contribution in [-0.4, -0.2) is 59.1 Å². The molecule has 3 rings (SSSR count). The summed E-state index contributed by atoms with van der Waals surface area (Å²) in [6.45, 7) is 18.6. The number of likely N-dealkylation sites (tertiary alicyclic amines) is 1. The number of nitrogens with zero attached hydrogens (tertiary/aromatic N) is 4. The van der Waals surface area contributed by atoms with E-state index in [2.05, 4.69) is 15.0 Å². The fourth-order valence-electron chi connectivity index (χ4n) is 3.96. The quantitative estimate of drug-likeness (QED) is 0.603. The van der Waals surface area contributed by atoms with Crippen molar-refractivity contribution >= 4 is 17.5 Å². The van der Waals surface area contributed by atoms with Crippen LogP contribution in [0.15, 0.2) is 54.6 Å². The SMILES string of the molecule is [C-]#[N+]c1ccc(CN(CC(C)(C)NCC(=O)N2C[C@@H](F)C[C@H]2[N+]#[C-])C(=O)c2ccccc2)cc1. The van der Waals surface area contributed by atoms with Crippen molar-refractivity contribution in [3.8, 4) is 0 Å². The Morgan fingerprint density at radius 2 is 1.82 bits per heavy atom. The Morgan fingerprint density at radius 1 is 1.15 bits per heavy atom. The Morgan fingerprint density at radius 3 is 2.44 bits per heavy atom. The Bertz CT molecular complexity index is 1090. The van der Waals surface area contributed by atoms with Crippen molar-refractivity contribution in [3.05, 3.63) is 88.6 Å². The van der Waals surface area contributed by atoms with Crippen LogP contribution in [0.2, 0.25) is 0 Å². The Labute approximate surface area is 199 Å². The molecule has 2 amide bonds. The highest BCUT2D eigenvalue weighted by Crippen LogP contribution is 2.22. The summed E-state index contributed by atoms with van der Waals surface area (Å²) in [6, 6.07) is 16.1. The largest absolute Gasteiger partial charge is 0.332 e. The molecule has 1 aliphatic heterocycles. The molecule has 1 aliphatic rings. The third-order valence-electron chi connectivity index (χ3n) is 5.74. The zero-order chi connectivity index (χ0) is 24.7. The number of carbonyl (C=O) groups excluding carboxylic acids is 2. The number of rotatable bonds is 8. The molecule has 1 N–H and O–H groups in total. The molecule has 8 heteroatoms. The van der Waals surface area contributed by atoms with Gasteiger partial charge in [-0.1, -0.05) is 42.5 Å². The number of hydrogen-bond donors (Lipinski definition) is 1. The molecule has 7 nitrogen and oxygen atoms in total. The Balaban J connectivity index is 1.72. The molecule has 1 heterocycles. The van der Waals surface area contributed by atoms with E-state index in [-0.39, 0.29) is 31.3 Å². The van der Waals surface area contributed by atoms with E-state index in [9.17, 15) is 14.0 Å². The molecule has 2 atom stereocenters. The van der Waals surface area contributed by atoms with E-state index in [4.69, 9.17) is 13.1 Å². The van der Waals surface area contributed by atoms with Gasteiger partial charge in [0.15, 0.2) is 5.69 Å². The van der Waals surface area contributed by atoms with Crippen molar-refractivity contribution < 1.29 is 14.0 Å². The molecule has 1 saturated heterocycles. The first-order chi connectivity index (χ1) is 16.2. The highest BCUT2D eigenvalue weighted by molar-refractivity contribution is 5.94. The number of nitrogens with one attached hydrogen (secondary N) is 1. The van der Waals surface area contributed by atoms with Crippen molar-refractivity contribution in [2.45, 2.75) is 44.7 Å². The van der Waals surface area contributed by atoms with Crippen LogP contribution in [0.3, 0.4) is 0 Å². The number of hydrogen-bond acceptors (Lipinski definition) is 3. The number of carbonyl (C=O) groups is 2. The number of benzene rings is 2. The lowest BCUT2D eigenvalue weighted by molar-refractivity contribution is -0.130. The number of amides is 2. The molecule has 176 valence electrons. The van der Waals surface area contributed by atoms with Crippen molar-refractivity contribution in [1.29, 1.82) is 0 Å². The molecule has 2 aromatic carbocycles. The predicted molar refractivity (Wildman–Crippen MR) is 128 cm³/mol. The van der Waals surface area contributed by atoms with Gasteiger partial charge in [0.05, 0.1) is 26.1 Å². The van der Waals surface area contributed by atoms with Crippen LogP contribution in [0.4, 0.5) is 10.1 Å². The lowest BCUT2D eigenvalue weighted by Crippen LogP contribution is -2.53. The second kappa shape index (κ2) is 10.9. The van der Waals surface area contributed by atoms with Gasteiger partial charge in [-0.05, 0) is 31.5 Å². The summed E-state index contributed by atoms with van der Waals surface area (Å²) in [5, 5.41) is 3.19. The van der Waals surface area contributed by atoms with Gasteiger partial charge in [-0.25, -0.2) is 15.8 Å². The first kappa shape index (κ1) is 24.9. The third-order valence-corrected chi connectivity index (χ3v) is 5.74. The molecular weight excluding hydrogens is 433 g/mol. The maximum Gasteiger partial charge on any atom is 0.303 e. The molecule has 0 radical (unpaired) electrons. The fourth-order valence-corrected chi connectivity index (χ4v) is 3.96. The summed E-state index contributed by atoms with van der Waals surface area (Å²) in [6.07, 6.45) is -1.89. The first-order valence-corrected chi connectivity index (χ1v) is 11.1. The van der Waals surface area contributed by atoms with E-state index < -0.39 is 17.9 Å². The summed E-state index contributed by atoms with van der Waals surface area (Å²) in [4.78, 5) is 35.7. The van der Waals surface area contributed by atoms with E-state index in [1.165, 1.54) is 4.90 Å². The fraction of sp³-hybridized carbons (Fsp3) is 0.385. The topological polar surface area (TPSA) is 61.4 Å². The molecule has 2 aromatic rings. The van der Waals surface area contributed by atoms with Gasteiger partial charge in [0, 0.05) is 24.2 Å². The normalized spacial score (nSPS) is 17.6. The van der Waals surface area contributed by atoms with Crippen LogP contribution in [0, 0.1) is 13.1 Å². The maximum absolute atomic E-state index is 13.7. The van der Waals surface area contributed by atoms with Gasteiger partial charge >= 0.3 is 6.17 Å². The standard InChI is InChI=1S/C26H28FN5O2/c1-26(2,30-15-24(33)32-17-21(27)14-23(32)29-4)18-31(25(34)20-8-6-5-7-9-20)16-19-10-12-22(28-3)13-11-19/h5-13,21,23,30H,14-18H2,1-2H3/t21-,23-/m0/s1. The zero-order valence-electron chi connectivity index (χ0n) is 19.4. The second-order valence-electron chi connectivity index (χ2n) is 9.03. The van der Waals surface area contributed by atoms with Crippen LogP contribution < -0.4 is 5.32 Å². The lowest BCUT2D eigenvalue weighted by atomic mass is 10.0. The lowest BCUT2D eigenvalue weighted by Gasteiger charge is -2.34. The molecule has 0 unspecified atom stereocenters. The van der Waals surface area contributed by atoms with Crippen molar-refractivity contribution in [1.82, 2.24) is 15.1 Å². The van der Waals surface area contributed by atoms with Gasteiger partial charge in [0.2, 0.25) is 5.91 Å². The number of alkyl halides is 1. The smallest absolute Gasteiger partial charge is 0.303 e. The third kappa shape index (κ3) is 6.40. The van der Waals surface area contributed by atoms with E-state index in [1.54, 1.807) is 41.3 Å². The van der Waals surface area contributed by atoms with Crippen molar-refractivity contribution in [2.75, 3.05) is 19.6 Å². The molecule has 0 aliphatic carbocycles. The molecule has 34 heavy (non-hydrogen) atoms. The highest BCUT2D eigenvalue weighted by Gasteiger charge is 2.40. The van der Waals surface area contributed by atoms with E-state index in [0.717, 1.165) is 5.56 Å². The van der Waals surface area contributed by atoms with Crippen LogP contribution in [0.5, 0.6) is 0 Å². The van der Waals surface area contributed by atoms with Gasteiger partial charge in [-0.15, -0.1) is 0 Å². The molecule has 1 fully saturated rings. The van der Waals surface area contributed by atoms with Crippen LogP contribution in [0.25, 0.3) is 9.69 Å². The zero-order valence-corrected chi connectivity index (χ0v) is 19.4. The number of halogens is 1. The van der Waals surface area contributed by atoms with E-state index in [0.29, 0.717) is 24.3 Å². The van der Waals surface area contributed by atoms with E-state index >= 15 is 0 Å². The van der Waals surface area contributed by atoms with Crippen molar-refractivity contribution in [2.24, 2.45) is 0 Å². The second-order valence-corrected chi connectivity index (χ2v) is 9.03. The molecule has 0 bridgehead atoms. The van der Waals surface area contributed by atoms with E-state index in [1.807, 2.05) is 32.0 Å². The van der Waals surface area contributed by atoms with Gasteiger partial charge in [-0.3, -0.25) is 19.3 Å². The summed E-state index contributed by atoms with van der Waals surface area (Å²) >= 11 is 0. The van der Waals surface area contributed by atoms with Gasteiger partial charge in [0.25, 0.3) is 5.91 Å². The minimum absolute atomic E-state index is 0.0459. The Hall–Kier alpha value is -3.75. The first-order valence-electron chi connectivity index (χ1n) is 11.1. The highest BCUT2D eigenvalue weighted by atomic mass is 19.1. The molecule has 0 saturated carbocycles. The average Bonchev–Trinajstić information content (AvgIpc) is 3.23. The van der Waals surface area contributed by atoms with Gasteiger partial charge in [0.1, 0.15) is 6.17 Å². The van der Waals surface area contributed by atoms with Crippen molar-refractivity contribution in [3.63, 3.8) is 0 Å². The molecule has 0 spiro atoms. The molecule has 0 aromatic heterocycles. The summed E-state index contributed by atoms with van der Waals surface area (Å²) in [5.74, 6) is -0.478. The average molecular weight is 462 g/mol. The van der Waals surface area contributed by atoms with Crippen LogP contribution >= 0.6 is 0 Å². The van der Waals surface area contributed by atoms with Crippen LogP contribution in [-0.2, 0) is 11.3 Å². The Kier molecular flexibility index (Phi) is 7.99. The van der Waals surface area contributed by atoms with Gasteiger partial charge < -0.3 is 10.2 Å². The summed E-state index contributed by atoms with van der Waals surface area (Å²) < 4.78 is 13.7. The minimum atomic E-state index is -1.18. The van der Waals surface area contributed by atoms with Crippen LogP contribution in [0.1, 0.15) is 36.2 Å². The predicted octanol–water partition coefficient (Wildman–Crippen LogP) is 4.06. The summed E-state index contributed by atoms with van der Waals surface area (Å²) in [5.41, 5.74) is 1.33. The minimum Gasteiger partial charge on any atom is -0.332 e. The monoisotopic (exact) mass is 461 g/mol. The summed E-state index contributed by atoms with van der Waals surface area (Å²) in [7, 11) is 0.